The number of anilines is 1. The lowest BCUT2D eigenvalue weighted by atomic mass is 10.3. The molecule has 9 heteroatoms. The van der Waals surface area contributed by atoms with E-state index in [4.69, 9.17) is 16.4 Å². The van der Waals surface area contributed by atoms with Gasteiger partial charge in [0.1, 0.15) is 6.07 Å². The van der Waals surface area contributed by atoms with E-state index in [1.807, 2.05) is 0 Å². The maximum atomic E-state index is 8.71. The van der Waals surface area contributed by atoms with Crippen LogP contribution in [0.3, 0.4) is 0 Å². The van der Waals surface area contributed by atoms with Crippen molar-refractivity contribution in [3.8, 4) is 11.8 Å². The molecule has 0 amide bonds. The molecule has 2 aromatic rings. The van der Waals surface area contributed by atoms with Crippen LogP contribution in [-0.4, -0.2) is 31.8 Å². The summed E-state index contributed by atoms with van der Waals surface area (Å²) >= 11 is 0. The molecule has 0 aliphatic heterocycles. The highest BCUT2D eigenvalue weighted by molar-refractivity contribution is 6.45. The lowest BCUT2D eigenvalue weighted by Crippen LogP contribution is -2.21. The molecule has 1 aromatic heterocycles. The Morgan fingerprint density at radius 1 is 1.45 bits per heavy atom. The number of hydrazone groups is 1. The van der Waals surface area contributed by atoms with Crippen molar-refractivity contribution in [1.29, 1.82) is 10.7 Å². The van der Waals surface area contributed by atoms with Gasteiger partial charge in [-0.1, -0.05) is 0 Å². The first kappa shape index (κ1) is 13.2. The molecule has 0 saturated heterocycles. The molecule has 0 bridgehead atoms. The summed E-state index contributed by atoms with van der Waals surface area (Å²) in [6, 6.07) is 8.80. The van der Waals surface area contributed by atoms with E-state index in [1.165, 1.54) is 0 Å². The molecular weight excluding hydrogens is 258 g/mol. The van der Waals surface area contributed by atoms with Crippen LogP contribution < -0.4 is 11.2 Å². The highest BCUT2D eigenvalue weighted by Gasteiger charge is 2.04. The van der Waals surface area contributed by atoms with Gasteiger partial charge in [0.15, 0.2) is 11.7 Å². The van der Waals surface area contributed by atoms with E-state index >= 15 is 0 Å². The van der Waals surface area contributed by atoms with Gasteiger partial charge in [-0.3, -0.25) is 10.8 Å². The smallest absolute Gasteiger partial charge is 0.201 e. The van der Waals surface area contributed by atoms with Crippen LogP contribution in [0.2, 0.25) is 0 Å². The molecule has 0 radical (unpaired) electrons. The number of aryl methyl sites for hydroxylation is 1. The zero-order valence-corrected chi connectivity index (χ0v) is 10.6. The molecule has 9 nitrogen and oxygen atoms in total. The molecule has 0 atom stereocenters. The van der Waals surface area contributed by atoms with Gasteiger partial charge in [-0.2, -0.15) is 15.0 Å². The number of nitrogens with zero attached hydrogens (tertiary/aromatic N) is 6. The number of benzene rings is 1. The van der Waals surface area contributed by atoms with E-state index in [0.717, 1.165) is 5.69 Å². The highest BCUT2D eigenvalue weighted by atomic mass is 15.5. The fourth-order valence-corrected chi connectivity index (χ4v) is 1.41. The molecule has 1 aromatic carbocycles. The molecule has 0 aliphatic carbocycles. The molecule has 2 rings (SSSR count). The van der Waals surface area contributed by atoms with E-state index in [2.05, 4.69) is 26.1 Å². The Bertz CT molecular complexity index is 689. The summed E-state index contributed by atoms with van der Waals surface area (Å²) < 4.78 is 1.59. The molecular formula is C11H11N9. The van der Waals surface area contributed by atoms with E-state index in [-0.39, 0.29) is 11.5 Å². The second-order valence-electron chi connectivity index (χ2n) is 3.78. The van der Waals surface area contributed by atoms with Gasteiger partial charge >= 0.3 is 0 Å². The molecule has 0 spiro atoms. The summed E-state index contributed by atoms with van der Waals surface area (Å²) in [5.41, 5.74) is 9.10. The molecule has 100 valence electrons. The van der Waals surface area contributed by atoms with Gasteiger partial charge in [-0.25, -0.2) is 0 Å². The van der Waals surface area contributed by atoms with E-state index < -0.39 is 0 Å². The van der Waals surface area contributed by atoms with E-state index in [1.54, 1.807) is 41.9 Å². The lowest BCUT2D eigenvalue weighted by Gasteiger charge is -2.04. The highest BCUT2D eigenvalue weighted by Crippen LogP contribution is 2.13. The Morgan fingerprint density at radius 3 is 2.65 bits per heavy atom. The topological polar surface area (TPSA) is 142 Å². The van der Waals surface area contributed by atoms with E-state index in [0.29, 0.717) is 11.5 Å². The molecule has 20 heavy (non-hydrogen) atoms. The standard InChI is InChI=1S/C11H11N9/c1-7-15-18-19-20(7)9-4-2-8(3-5-9)16-17-10(6-12)11(13)14/h2-5,16H,1H3,(H3,13,14)/b17-10+. The van der Waals surface area contributed by atoms with Crippen LogP contribution >= 0.6 is 0 Å². The summed E-state index contributed by atoms with van der Waals surface area (Å²) in [5.74, 6) is 0.285. The number of hydrogen-bond donors (Lipinski definition) is 3. The van der Waals surface area contributed by atoms with Crippen molar-refractivity contribution in [1.82, 2.24) is 20.2 Å². The van der Waals surface area contributed by atoms with Crippen LogP contribution in [0, 0.1) is 23.7 Å². The average molecular weight is 269 g/mol. The summed E-state index contributed by atoms with van der Waals surface area (Å²) in [6.45, 7) is 1.79. The van der Waals surface area contributed by atoms with Crippen molar-refractivity contribution >= 4 is 17.2 Å². The molecule has 0 aliphatic rings. The Labute approximate surface area is 114 Å². The van der Waals surface area contributed by atoms with Gasteiger partial charge < -0.3 is 5.73 Å². The normalized spacial score (nSPS) is 10.9. The fourth-order valence-electron chi connectivity index (χ4n) is 1.41. The van der Waals surface area contributed by atoms with Crippen LogP contribution in [0.4, 0.5) is 5.69 Å². The van der Waals surface area contributed by atoms with Crippen molar-refractivity contribution in [2.45, 2.75) is 6.92 Å². The summed E-state index contributed by atoms with van der Waals surface area (Å²) in [4.78, 5) is 0. The zero-order valence-electron chi connectivity index (χ0n) is 10.6. The molecule has 0 unspecified atom stereocenters. The summed E-state index contributed by atoms with van der Waals surface area (Å²) in [5, 5.41) is 30.8. The second kappa shape index (κ2) is 5.57. The van der Waals surface area contributed by atoms with Crippen LogP contribution in [-0.2, 0) is 0 Å². The number of nitriles is 1. The number of hydrogen-bond acceptors (Lipinski definition) is 7. The minimum atomic E-state index is -0.388. The molecule has 0 saturated carbocycles. The summed E-state index contributed by atoms with van der Waals surface area (Å²) in [6.07, 6.45) is 0. The first-order valence-electron chi connectivity index (χ1n) is 5.55. The number of amidine groups is 1. The van der Waals surface area contributed by atoms with Crippen LogP contribution in [0.25, 0.3) is 5.69 Å². The van der Waals surface area contributed by atoms with E-state index in [9.17, 15) is 0 Å². The van der Waals surface area contributed by atoms with Crippen molar-refractivity contribution in [3.63, 3.8) is 0 Å². The monoisotopic (exact) mass is 269 g/mol. The third-order valence-corrected chi connectivity index (χ3v) is 2.40. The van der Waals surface area contributed by atoms with Crippen LogP contribution in [0.1, 0.15) is 5.82 Å². The van der Waals surface area contributed by atoms with Crippen molar-refractivity contribution in [2.75, 3.05) is 5.43 Å². The first-order chi connectivity index (χ1) is 9.61. The van der Waals surface area contributed by atoms with Gasteiger partial charge in [-0.15, -0.1) is 5.10 Å². The van der Waals surface area contributed by atoms with Gasteiger partial charge in [0, 0.05) is 0 Å². The molecule has 4 N–H and O–H groups in total. The van der Waals surface area contributed by atoms with Gasteiger partial charge in [0.25, 0.3) is 0 Å². The number of nitrogens with one attached hydrogen (secondary N) is 2. The Kier molecular flexibility index (Phi) is 3.67. The lowest BCUT2D eigenvalue weighted by molar-refractivity contribution is 0.779. The Morgan fingerprint density at radius 2 is 2.15 bits per heavy atom. The van der Waals surface area contributed by atoms with Crippen molar-refractivity contribution in [2.24, 2.45) is 10.8 Å². The minimum absolute atomic E-state index is 0.176. The fraction of sp³-hybridized carbons (Fsp3) is 0.0909. The largest absolute Gasteiger partial charge is 0.382 e. The average Bonchev–Trinajstić information content (AvgIpc) is 2.86. The molecule has 1 heterocycles. The van der Waals surface area contributed by atoms with Crippen molar-refractivity contribution < 1.29 is 0 Å². The zero-order chi connectivity index (χ0) is 14.5. The van der Waals surface area contributed by atoms with Gasteiger partial charge in [0.2, 0.25) is 5.71 Å². The van der Waals surface area contributed by atoms with Crippen LogP contribution in [0.5, 0.6) is 0 Å². The second-order valence-corrected chi connectivity index (χ2v) is 3.78. The molecule has 0 fully saturated rings. The third kappa shape index (κ3) is 2.75. The van der Waals surface area contributed by atoms with Gasteiger partial charge in [-0.05, 0) is 41.6 Å². The third-order valence-electron chi connectivity index (χ3n) is 2.40. The predicted octanol–water partition coefficient (Wildman–Crippen LogP) is 0.198. The van der Waals surface area contributed by atoms with Crippen molar-refractivity contribution in [3.05, 3.63) is 30.1 Å². The number of rotatable bonds is 4. The SMILES string of the molecule is Cc1nnnn1-c1ccc(N/N=C(\C#N)C(=N)N)cc1. The maximum absolute atomic E-state index is 8.71. The van der Waals surface area contributed by atoms with Crippen LogP contribution in [0.15, 0.2) is 29.4 Å². The maximum Gasteiger partial charge on any atom is 0.201 e. The number of tetrazole rings is 1. The quantitative estimate of drug-likeness (QED) is 0.411. The van der Waals surface area contributed by atoms with Gasteiger partial charge in [0.05, 0.1) is 11.4 Å². The minimum Gasteiger partial charge on any atom is -0.382 e. The first-order valence-corrected chi connectivity index (χ1v) is 5.55. The predicted molar refractivity (Wildman–Crippen MR) is 72.5 cm³/mol. The Hall–Kier alpha value is -3.28. The number of aromatic nitrogens is 4. The summed E-state index contributed by atoms with van der Waals surface area (Å²) in [7, 11) is 0. The Balaban J connectivity index is 2.16. The number of nitrogens with two attached hydrogens (primary N) is 1.